The highest BCUT2D eigenvalue weighted by Gasteiger charge is 2.29. The number of hydrogen-bond acceptors (Lipinski definition) is 3. The molecule has 2 fully saturated rings. The summed E-state index contributed by atoms with van der Waals surface area (Å²) in [5.41, 5.74) is 0. The standard InChI is InChI=1S/C11H16N2O2/c12-6-10-5-11(14)13(7-10)3-4-15-8-9-1-2-9/h9-10H,1-5,7-8H2. The quantitative estimate of drug-likeness (QED) is 0.627. The van der Waals surface area contributed by atoms with E-state index >= 15 is 0 Å². The van der Waals surface area contributed by atoms with Crippen molar-refractivity contribution in [2.75, 3.05) is 26.3 Å². The molecule has 1 aliphatic heterocycles. The van der Waals surface area contributed by atoms with Crippen molar-refractivity contribution >= 4 is 5.91 Å². The van der Waals surface area contributed by atoms with Gasteiger partial charge in [-0.05, 0) is 18.8 Å². The van der Waals surface area contributed by atoms with Gasteiger partial charge in [-0.3, -0.25) is 4.79 Å². The number of carbonyl (C=O) groups is 1. The fourth-order valence-electron chi connectivity index (χ4n) is 1.78. The number of ether oxygens (including phenoxy) is 1. The van der Waals surface area contributed by atoms with Crippen molar-refractivity contribution in [1.82, 2.24) is 4.90 Å². The third kappa shape index (κ3) is 2.93. The van der Waals surface area contributed by atoms with Crippen molar-refractivity contribution in [3.8, 4) is 6.07 Å². The van der Waals surface area contributed by atoms with Crippen LogP contribution < -0.4 is 0 Å². The van der Waals surface area contributed by atoms with E-state index in [0.717, 1.165) is 12.5 Å². The number of hydrogen-bond donors (Lipinski definition) is 0. The van der Waals surface area contributed by atoms with Crippen molar-refractivity contribution in [3.05, 3.63) is 0 Å². The van der Waals surface area contributed by atoms with Crippen molar-refractivity contribution < 1.29 is 9.53 Å². The Balaban J connectivity index is 1.61. The fourth-order valence-corrected chi connectivity index (χ4v) is 1.78. The van der Waals surface area contributed by atoms with Crippen LogP contribution in [0.15, 0.2) is 0 Å². The summed E-state index contributed by atoms with van der Waals surface area (Å²) < 4.78 is 5.46. The highest BCUT2D eigenvalue weighted by Crippen LogP contribution is 2.28. The maximum Gasteiger partial charge on any atom is 0.224 e. The molecule has 0 bridgehead atoms. The van der Waals surface area contributed by atoms with Gasteiger partial charge in [0.05, 0.1) is 18.6 Å². The van der Waals surface area contributed by atoms with Crippen molar-refractivity contribution in [1.29, 1.82) is 5.26 Å². The molecule has 82 valence electrons. The monoisotopic (exact) mass is 208 g/mol. The van der Waals surface area contributed by atoms with E-state index in [0.29, 0.717) is 26.1 Å². The zero-order valence-corrected chi connectivity index (χ0v) is 8.82. The largest absolute Gasteiger partial charge is 0.379 e. The first-order valence-corrected chi connectivity index (χ1v) is 5.54. The van der Waals surface area contributed by atoms with E-state index in [1.807, 2.05) is 0 Å². The molecular weight excluding hydrogens is 192 g/mol. The summed E-state index contributed by atoms with van der Waals surface area (Å²) in [7, 11) is 0. The number of nitrogens with zero attached hydrogens (tertiary/aromatic N) is 2. The molecular formula is C11H16N2O2. The van der Waals surface area contributed by atoms with Crippen LogP contribution in [0, 0.1) is 23.2 Å². The van der Waals surface area contributed by atoms with Gasteiger partial charge in [0.25, 0.3) is 0 Å². The first-order chi connectivity index (χ1) is 7.29. The molecule has 1 saturated carbocycles. The lowest BCUT2D eigenvalue weighted by Crippen LogP contribution is -2.29. The minimum absolute atomic E-state index is 0.0940. The maximum absolute atomic E-state index is 11.4. The maximum atomic E-state index is 11.4. The third-order valence-electron chi connectivity index (χ3n) is 2.95. The molecule has 0 aromatic rings. The predicted octanol–water partition coefficient (Wildman–Crippen LogP) is 0.785. The minimum atomic E-state index is -0.110. The average Bonchev–Trinajstić information content (AvgIpc) is 2.98. The Morgan fingerprint density at radius 3 is 2.93 bits per heavy atom. The minimum Gasteiger partial charge on any atom is -0.379 e. The van der Waals surface area contributed by atoms with Gasteiger partial charge in [0.2, 0.25) is 5.91 Å². The Labute approximate surface area is 89.8 Å². The molecule has 0 aromatic carbocycles. The summed E-state index contributed by atoms with van der Waals surface area (Å²) in [6, 6.07) is 2.14. The van der Waals surface area contributed by atoms with Gasteiger partial charge < -0.3 is 9.64 Å². The summed E-state index contributed by atoms with van der Waals surface area (Å²) in [6.45, 7) is 2.68. The molecule has 2 aliphatic rings. The zero-order valence-electron chi connectivity index (χ0n) is 8.82. The molecule has 1 aliphatic carbocycles. The topological polar surface area (TPSA) is 53.3 Å². The van der Waals surface area contributed by atoms with Gasteiger partial charge in [-0.25, -0.2) is 0 Å². The van der Waals surface area contributed by atoms with Crippen LogP contribution in [0.4, 0.5) is 0 Å². The Morgan fingerprint density at radius 2 is 2.33 bits per heavy atom. The zero-order chi connectivity index (χ0) is 10.7. The molecule has 0 aromatic heterocycles. The summed E-state index contributed by atoms with van der Waals surface area (Å²) in [6.07, 6.45) is 2.97. The molecule has 2 rings (SSSR count). The van der Waals surface area contributed by atoms with Gasteiger partial charge >= 0.3 is 0 Å². The molecule has 0 N–H and O–H groups in total. The number of carbonyl (C=O) groups excluding carboxylic acids is 1. The number of rotatable bonds is 5. The Bertz CT molecular complexity index is 281. The van der Waals surface area contributed by atoms with Gasteiger partial charge in [0, 0.05) is 26.1 Å². The predicted molar refractivity (Wildman–Crippen MR) is 53.8 cm³/mol. The lowest BCUT2D eigenvalue weighted by Gasteiger charge is -2.15. The molecule has 1 saturated heterocycles. The van der Waals surface area contributed by atoms with E-state index in [1.54, 1.807) is 4.90 Å². The molecule has 1 amide bonds. The molecule has 0 spiro atoms. The molecule has 4 nitrogen and oxygen atoms in total. The van der Waals surface area contributed by atoms with Gasteiger partial charge in [-0.1, -0.05) is 0 Å². The first kappa shape index (κ1) is 10.4. The van der Waals surface area contributed by atoms with E-state index in [2.05, 4.69) is 6.07 Å². The number of likely N-dealkylation sites (tertiary alicyclic amines) is 1. The van der Waals surface area contributed by atoms with Crippen LogP contribution >= 0.6 is 0 Å². The molecule has 0 radical (unpaired) electrons. The van der Waals surface area contributed by atoms with Crippen LogP contribution in [0.2, 0.25) is 0 Å². The second-order valence-electron chi connectivity index (χ2n) is 4.39. The summed E-state index contributed by atoms with van der Waals surface area (Å²) in [5, 5.41) is 8.69. The molecule has 1 heterocycles. The van der Waals surface area contributed by atoms with Crippen LogP contribution in [0.3, 0.4) is 0 Å². The van der Waals surface area contributed by atoms with Crippen LogP contribution in [0.5, 0.6) is 0 Å². The second-order valence-corrected chi connectivity index (χ2v) is 4.39. The second kappa shape index (κ2) is 4.63. The molecule has 15 heavy (non-hydrogen) atoms. The van der Waals surface area contributed by atoms with Crippen molar-refractivity contribution in [2.24, 2.45) is 11.8 Å². The number of amides is 1. The Kier molecular flexibility index (Phi) is 3.22. The van der Waals surface area contributed by atoms with Crippen molar-refractivity contribution in [3.63, 3.8) is 0 Å². The smallest absolute Gasteiger partial charge is 0.224 e. The molecule has 1 unspecified atom stereocenters. The third-order valence-corrected chi connectivity index (χ3v) is 2.95. The summed E-state index contributed by atoms with van der Waals surface area (Å²) >= 11 is 0. The van der Waals surface area contributed by atoms with E-state index in [4.69, 9.17) is 10.00 Å². The fraction of sp³-hybridized carbons (Fsp3) is 0.818. The Hall–Kier alpha value is -1.08. The van der Waals surface area contributed by atoms with Gasteiger partial charge in [-0.15, -0.1) is 0 Å². The summed E-state index contributed by atoms with van der Waals surface area (Å²) in [4.78, 5) is 13.1. The van der Waals surface area contributed by atoms with Crippen LogP contribution in [0.1, 0.15) is 19.3 Å². The first-order valence-electron chi connectivity index (χ1n) is 5.54. The normalized spacial score (nSPS) is 25.7. The molecule has 4 heteroatoms. The van der Waals surface area contributed by atoms with E-state index in [9.17, 15) is 4.79 Å². The average molecular weight is 208 g/mol. The van der Waals surface area contributed by atoms with Crippen LogP contribution in [0.25, 0.3) is 0 Å². The van der Waals surface area contributed by atoms with Crippen LogP contribution in [-0.2, 0) is 9.53 Å². The van der Waals surface area contributed by atoms with Gasteiger partial charge in [0.1, 0.15) is 0 Å². The van der Waals surface area contributed by atoms with E-state index < -0.39 is 0 Å². The lowest BCUT2D eigenvalue weighted by atomic mass is 10.1. The van der Waals surface area contributed by atoms with Gasteiger partial charge in [-0.2, -0.15) is 5.26 Å². The van der Waals surface area contributed by atoms with Crippen LogP contribution in [-0.4, -0.2) is 37.1 Å². The highest BCUT2D eigenvalue weighted by atomic mass is 16.5. The lowest BCUT2D eigenvalue weighted by molar-refractivity contribution is -0.128. The highest BCUT2D eigenvalue weighted by molar-refractivity contribution is 5.79. The van der Waals surface area contributed by atoms with E-state index in [-0.39, 0.29) is 11.8 Å². The van der Waals surface area contributed by atoms with Gasteiger partial charge in [0.15, 0.2) is 0 Å². The summed E-state index contributed by atoms with van der Waals surface area (Å²) in [5.74, 6) is 0.753. The SMILES string of the molecule is N#CC1CC(=O)N(CCOCC2CC2)C1. The molecule has 1 atom stereocenters. The van der Waals surface area contributed by atoms with Crippen molar-refractivity contribution in [2.45, 2.75) is 19.3 Å². The Morgan fingerprint density at radius 1 is 1.53 bits per heavy atom. The van der Waals surface area contributed by atoms with E-state index in [1.165, 1.54) is 12.8 Å². The number of nitriles is 1.